The predicted octanol–water partition coefficient (Wildman–Crippen LogP) is 3.91. The molecule has 0 spiro atoms. The van der Waals surface area contributed by atoms with Crippen molar-refractivity contribution in [1.82, 2.24) is 9.97 Å². The second kappa shape index (κ2) is 7.11. The van der Waals surface area contributed by atoms with E-state index in [0.717, 1.165) is 35.1 Å². The SMILES string of the molecule is COc1ccc(C)cc1Nc1cc(C)nc(NCC(C)C)n1. The monoisotopic (exact) mass is 300 g/mol. The third kappa shape index (κ3) is 4.35. The first kappa shape index (κ1) is 16.1. The normalized spacial score (nSPS) is 10.6. The van der Waals surface area contributed by atoms with Crippen molar-refractivity contribution in [2.45, 2.75) is 27.7 Å². The molecule has 1 aromatic carbocycles. The number of rotatable bonds is 6. The fourth-order valence-electron chi connectivity index (χ4n) is 2.06. The Morgan fingerprint density at radius 1 is 1.14 bits per heavy atom. The van der Waals surface area contributed by atoms with Crippen molar-refractivity contribution in [2.24, 2.45) is 5.92 Å². The van der Waals surface area contributed by atoms with Crippen LogP contribution in [0.3, 0.4) is 0 Å². The molecular formula is C17H24N4O. The lowest BCUT2D eigenvalue weighted by Gasteiger charge is -2.13. The minimum Gasteiger partial charge on any atom is -0.495 e. The van der Waals surface area contributed by atoms with Crippen LogP contribution in [0.4, 0.5) is 17.5 Å². The molecule has 118 valence electrons. The van der Waals surface area contributed by atoms with Gasteiger partial charge in [-0.1, -0.05) is 19.9 Å². The van der Waals surface area contributed by atoms with Crippen molar-refractivity contribution < 1.29 is 4.74 Å². The molecule has 0 amide bonds. The third-order valence-electron chi connectivity index (χ3n) is 3.14. The number of nitrogens with one attached hydrogen (secondary N) is 2. The van der Waals surface area contributed by atoms with Crippen LogP contribution in [0.2, 0.25) is 0 Å². The van der Waals surface area contributed by atoms with Crippen molar-refractivity contribution in [3.63, 3.8) is 0 Å². The molecule has 0 saturated carbocycles. The molecule has 0 radical (unpaired) electrons. The van der Waals surface area contributed by atoms with Gasteiger partial charge in [0, 0.05) is 18.3 Å². The highest BCUT2D eigenvalue weighted by molar-refractivity contribution is 5.65. The molecule has 0 saturated heterocycles. The number of ether oxygens (including phenoxy) is 1. The fraction of sp³-hybridized carbons (Fsp3) is 0.412. The van der Waals surface area contributed by atoms with Crippen LogP contribution in [0, 0.1) is 19.8 Å². The Morgan fingerprint density at radius 3 is 2.59 bits per heavy atom. The van der Waals surface area contributed by atoms with E-state index in [2.05, 4.69) is 34.4 Å². The zero-order chi connectivity index (χ0) is 16.1. The molecule has 0 bridgehead atoms. The summed E-state index contributed by atoms with van der Waals surface area (Å²) in [5.74, 6) is 2.72. The van der Waals surface area contributed by atoms with Crippen LogP contribution in [0.1, 0.15) is 25.1 Å². The summed E-state index contributed by atoms with van der Waals surface area (Å²) in [5, 5.41) is 6.57. The van der Waals surface area contributed by atoms with Crippen LogP contribution in [0.25, 0.3) is 0 Å². The van der Waals surface area contributed by atoms with Gasteiger partial charge in [0.15, 0.2) is 0 Å². The van der Waals surface area contributed by atoms with E-state index < -0.39 is 0 Å². The molecule has 1 heterocycles. The van der Waals surface area contributed by atoms with Crippen molar-refractivity contribution >= 4 is 17.5 Å². The highest BCUT2D eigenvalue weighted by atomic mass is 16.5. The smallest absolute Gasteiger partial charge is 0.224 e. The Hall–Kier alpha value is -2.30. The second-order valence-corrected chi connectivity index (χ2v) is 5.82. The number of aromatic nitrogens is 2. The number of benzene rings is 1. The van der Waals surface area contributed by atoms with E-state index >= 15 is 0 Å². The maximum atomic E-state index is 5.39. The average molecular weight is 300 g/mol. The van der Waals surface area contributed by atoms with Crippen molar-refractivity contribution in [2.75, 3.05) is 24.3 Å². The summed E-state index contributed by atoms with van der Waals surface area (Å²) in [7, 11) is 1.66. The summed E-state index contributed by atoms with van der Waals surface area (Å²) in [6.45, 7) is 9.15. The molecule has 0 atom stereocenters. The topological polar surface area (TPSA) is 59.1 Å². The molecule has 2 N–H and O–H groups in total. The second-order valence-electron chi connectivity index (χ2n) is 5.82. The van der Waals surface area contributed by atoms with Gasteiger partial charge in [-0.15, -0.1) is 0 Å². The van der Waals surface area contributed by atoms with Crippen LogP contribution in [-0.4, -0.2) is 23.6 Å². The third-order valence-corrected chi connectivity index (χ3v) is 3.14. The van der Waals surface area contributed by atoms with Gasteiger partial charge in [0.1, 0.15) is 11.6 Å². The van der Waals surface area contributed by atoms with Gasteiger partial charge in [0.2, 0.25) is 5.95 Å². The summed E-state index contributed by atoms with van der Waals surface area (Å²) >= 11 is 0. The predicted molar refractivity (Wildman–Crippen MR) is 91.1 cm³/mol. The van der Waals surface area contributed by atoms with E-state index in [4.69, 9.17) is 4.74 Å². The summed E-state index contributed by atoms with van der Waals surface area (Å²) < 4.78 is 5.39. The Balaban J connectivity index is 2.24. The summed E-state index contributed by atoms with van der Waals surface area (Å²) in [4.78, 5) is 8.93. The van der Waals surface area contributed by atoms with Gasteiger partial charge in [-0.05, 0) is 37.5 Å². The molecule has 22 heavy (non-hydrogen) atoms. The molecule has 5 heteroatoms. The number of aryl methyl sites for hydroxylation is 2. The maximum Gasteiger partial charge on any atom is 0.224 e. The number of methoxy groups -OCH3 is 1. The van der Waals surface area contributed by atoms with E-state index in [0.29, 0.717) is 11.9 Å². The summed E-state index contributed by atoms with van der Waals surface area (Å²) in [6.07, 6.45) is 0. The van der Waals surface area contributed by atoms with E-state index in [1.807, 2.05) is 38.1 Å². The summed E-state index contributed by atoms with van der Waals surface area (Å²) in [5.41, 5.74) is 2.97. The molecule has 5 nitrogen and oxygen atoms in total. The van der Waals surface area contributed by atoms with Gasteiger partial charge >= 0.3 is 0 Å². The Bertz CT molecular complexity index is 641. The Kier molecular flexibility index (Phi) is 5.20. The molecule has 0 aliphatic rings. The van der Waals surface area contributed by atoms with Gasteiger partial charge in [0.05, 0.1) is 12.8 Å². The van der Waals surface area contributed by atoms with E-state index in [1.165, 1.54) is 0 Å². The van der Waals surface area contributed by atoms with Gasteiger partial charge in [0.25, 0.3) is 0 Å². The number of nitrogens with zero attached hydrogens (tertiary/aromatic N) is 2. The highest BCUT2D eigenvalue weighted by Crippen LogP contribution is 2.28. The first-order valence-electron chi connectivity index (χ1n) is 7.49. The van der Waals surface area contributed by atoms with E-state index in [-0.39, 0.29) is 0 Å². The number of hydrogen-bond donors (Lipinski definition) is 2. The van der Waals surface area contributed by atoms with Crippen LogP contribution in [0.15, 0.2) is 24.3 Å². The minimum atomic E-state index is 0.539. The fourth-order valence-corrected chi connectivity index (χ4v) is 2.06. The average Bonchev–Trinajstić information content (AvgIpc) is 2.45. The van der Waals surface area contributed by atoms with E-state index in [9.17, 15) is 0 Å². The Labute approximate surface area is 132 Å². The van der Waals surface area contributed by atoms with Gasteiger partial charge in [-0.2, -0.15) is 4.98 Å². The van der Waals surface area contributed by atoms with Gasteiger partial charge in [-0.3, -0.25) is 0 Å². The quantitative estimate of drug-likeness (QED) is 0.847. The highest BCUT2D eigenvalue weighted by Gasteiger charge is 2.07. The largest absolute Gasteiger partial charge is 0.495 e. The Morgan fingerprint density at radius 2 is 1.91 bits per heavy atom. The van der Waals surface area contributed by atoms with Crippen molar-refractivity contribution in [3.8, 4) is 5.75 Å². The first-order valence-corrected chi connectivity index (χ1v) is 7.49. The zero-order valence-corrected chi connectivity index (χ0v) is 13.9. The molecule has 2 rings (SSSR count). The number of hydrogen-bond acceptors (Lipinski definition) is 5. The molecule has 0 unspecified atom stereocenters. The first-order chi connectivity index (χ1) is 10.5. The van der Waals surface area contributed by atoms with Crippen LogP contribution >= 0.6 is 0 Å². The zero-order valence-electron chi connectivity index (χ0n) is 13.9. The van der Waals surface area contributed by atoms with Crippen LogP contribution < -0.4 is 15.4 Å². The molecule has 1 aromatic heterocycles. The van der Waals surface area contributed by atoms with Crippen molar-refractivity contribution in [1.29, 1.82) is 0 Å². The number of anilines is 3. The lowest BCUT2D eigenvalue weighted by Crippen LogP contribution is -2.11. The van der Waals surface area contributed by atoms with Gasteiger partial charge < -0.3 is 15.4 Å². The standard InChI is InChI=1S/C17H24N4O/c1-11(2)10-18-17-19-13(4)9-16(21-17)20-14-8-12(3)6-7-15(14)22-5/h6-9,11H,10H2,1-5H3,(H2,18,19,20,21). The molecule has 0 fully saturated rings. The van der Waals surface area contributed by atoms with E-state index in [1.54, 1.807) is 7.11 Å². The lowest BCUT2D eigenvalue weighted by molar-refractivity contribution is 0.416. The minimum absolute atomic E-state index is 0.539. The molecule has 0 aliphatic carbocycles. The van der Waals surface area contributed by atoms with Crippen LogP contribution in [-0.2, 0) is 0 Å². The van der Waals surface area contributed by atoms with Gasteiger partial charge in [-0.25, -0.2) is 4.98 Å². The molecular weight excluding hydrogens is 276 g/mol. The summed E-state index contributed by atoms with van der Waals surface area (Å²) in [6, 6.07) is 7.92. The van der Waals surface area contributed by atoms with Crippen molar-refractivity contribution in [3.05, 3.63) is 35.5 Å². The molecule has 2 aromatic rings. The lowest BCUT2D eigenvalue weighted by atomic mass is 10.2. The molecule has 0 aliphatic heterocycles. The van der Waals surface area contributed by atoms with Crippen LogP contribution in [0.5, 0.6) is 5.75 Å². The maximum absolute atomic E-state index is 5.39.